The van der Waals surface area contributed by atoms with Crippen LogP contribution in [0.2, 0.25) is 0 Å². The fourth-order valence-corrected chi connectivity index (χ4v) is 4.32. The lowest BCUT2D eigenvalue weighted by atomic mass is 10.1. The van der Waals surface area contributed by atoms with Crippen molar-refractivity contribution in [3.8, 4) is 0 Å². The van der Waals surface area contributed by atoms with Crippen molar-refractivity contribution in [1.82, 2.24) is 0 Å². The van der Waals surface area contributed by atoms with Gasteiger partial charge in [-0.1, -0.05) is 30.3 Å². The molecule has 2 rings (SSSR count). The first kappa shape index (κ1) is 9.21. The lowest BCUT2D eigenvalue weighted by molar-refractivity contribution is 0.774. The summed E-state index contributed by atoms with van der Waals surface area (Å²) in [5.41, 5.74) is 2.54. The van der Waals surface area contributed by atoms with E-state index in [-0.39, 0.29) is 0 Å². The molecule has 0 bridgehead atoms. The normalized spacial score (nSPS) is 27.8. The first-order chi connectivity index (χ1) is 6.36. The van der Waals surface area contributed by atoms with E-state index in [0.717, 1.165) is 5.66 Å². The number of hydrogen-bond acceptors (Lipinski definition) is 0. The molecule has 2 atom stereocenters. The zero-order valence-electron chi connectivity index (χ0n) is 8.24. The third-order valence-corrected chi connectivity index (χ3v) is 5.69. The molecular weight excluding hydrogens is 175 g/mol. The van der Waals surface area contributed by atoms with Gasteiger partial charge >= 0.3 is 0 Å². The first-order valence-corrected chi connectivity index (χ1v) is 7.15. The van der Waals surface area contributed by atoms with Crippen LogP contribution in [0.15, 0.2) is 30.3 Å². The molecule has 0 nitrogen and oxygen atoms in total. The number of benzene rings is 1. The lowest BCUT2D eigenvalue weighted by Crippen LogP contribution is -2.03. The van der Waals surface area contributed by atoms with E-state index in [9.17, 15) is 0 Å². The van der Waals surface area contributed by atoms with Crippen LogP contribution in [0.5, 0.6) is 0 Å². The van der Waals surface area contributed by atoms with Gasteiger partial charge in [0.25, 0.3) is 0 Å². The van der Waals surface area contributed by atoms with Crippen molar-refractivity contribution in [2.75, 3.05) is 12.8 Å². The molecule has 0 aromatic heterocycles. The fourth-order valence-electron chi connectivity index (χ4n) is 2.12. The van der Waals surface area contributed by atoms with Crippen molar-refractivity contribution < 1.29 is 0 Å². The van der Waals surface area contributed by atoms with Gasteiger partial charge in [0.05, 0.1) is 0 Å². The van der Waals surface area contributed by atoms with Gasteiger partial charge in [-0.25, -0.2) is 0 Å². The summed E-state index contributed by atoms with van der Waals surface area (Å²) >= 11 is 0. The van der Waals surface area contributed by atoms with Gasteiger partial charge in [-0.2, -0.15) is 0 Å². The summed E-state index contributed by atoms with van der Waals surface area (Å²) in [6, 6.07) is 10.9. The average Bonchev–Trinajstić information content (AvgIpc) is 2.54. The summed E-state index contributed by atoms with van der Waals surface area (Å²) in [6.07, 6.45) is 5.77. The van der Waals surface area contributed by atoms with Gasteiger partial charge in [-0.15, -0.1) is 7.92 Å². The largest absolute Gasteiger partial charge is 0.106 e. The third kappa shape index (κ3) is 2.31. The average molecular weight is 192 g/mol. The molecule has 1 fully saturated rings. The van der Waals surface area contributed by atoms with Gasteiger partial charge in [-0.05, 0) is 43.3 Å². The minimum Gasteiger partial charge on any atom is -0.106 e. The van der Waals surface area contributed by atoms with Gasteiger partial charge in [0.2, 0.25) is 0 Å². The molecule has 0 spiro atoms. The lowest BCUT2D eigenvalue weighted by Gasteiger charge is -2.15. The molecular formula is C12H17P. The van der Waals surface area contributed by atoms with Gasteiger partial charge in [-0.3, -0.25) is 0 Å². The van der Waals surface area contributed by atoms with Crippen LogP contribution in [0.25, 0.3) is 0 Å². The van der Waals surface area contributed by atoms with Crippen molar-refractivity contribution >= 4 is 7.92 Å². The predicted octanol–water partition coefficient (Wildman–Crippen LogP) is 3.50. The predicted molar refractivity (Wildman–Crippen MR) is 60.9 cm³/mol. The van der Waals surface area contributed by atoms with Gasteiger partial charge in [0.1, 0.15) is 0 Å². The summed E-state index contributed by atoms with van der Waals surface area (Å²) in [5, 5.41) is 0. The maximum absolute atomic E-state index is 2.47. The second kappa shape index (κ2) is 4.24. The van der Waals surface area contributed by atoms with Crippen molar-refractivity contribution in [3.63, 3.8) is 0 Å². The molecule has 0 aliphatic carbocycles. The zero-order valence-corrected chi connectivity index (χ0v) is 9.13. The van der Waals surface area contributed by atoms with Crippen LogP contribution in [0.3, 0.4) is 0 Å². The van der Waals surface area contributed by atoms with Crippen LogP contribution in [-0.2, 0) is 6.42 Å². The van der Waals surface area contributed by atoms with E-state index in [4.69, 9.17) is 0 Å². The van der Waals surface area contributed by atoms with E-state index in [0.29, 0.717) is 7.92 Å². The topological polar surface area (TPSA) is 0 Å². The van der Waals surface area contributed by atoms with Gasteiger partial charge in [0.15, 0.2) is 0 Å². The molecule has 1 saturated heterocycles. The summed E-state index contributed by atoms with van der Waals surface area (Å²) in [5.74, 6) is 0. The van der Waals surface area contributed by atoms with Gasteiger partial charge < -0.3 is 0 Å². The highest BCUT2D eigenvalue weighted by Crippen LogP contribution is 2.47. The molecule has 0 N–H and O–H groups in total. The Morgan fingerprint density at radius 2 is 2.08 bits per heavy atom. The third-order valence-electron chi connectivity index (χ3n) is 2.99. The Labute approximate surface area is 82.1 Å². The monoisotopic (exact) mass is 192 g/mol. The van der Waals surface area contributed by atoms with E-state index >= 15 is 0 Å². The second-order valence-corrected chi connectivity index (χ2v) is 6.66. The minimum absolute atomic E-state index is 0.348. The number of rotatable bonds is 2. The molecule has 1 aromatic carbocycles. The Kier molecular flexibility index (Phi) is 3.01. The summed E-state index contributed by atoms with van der Waals surface area (Å²) in [7, 11) is 0.348. The van der Waals surface area contributed by atoms with Crippen molar-refractivity contribution in [3.05, 3.63) is 35.9 Å². The van der Waals surface area contributed by atoms with Crippen molar-refractivity contribution in [1.29, 1.82) is 0 Å². The molecule has 0 unspecified atom stereocenters. The van der Waals surface area contributed by atoms with Crippen LogP contribution in [0.4, 0.5) is 0 Å². The van der Waals surface area contributed by atoms with E-state index in [1.807, 2.05) is 0 Å². The SMILES string of the molecule is C[P@]1CCC[C@H]1Cc1ccccc1. The smallest absolute Gasteiger partial charge is 0.0171 e. The molecule has 1 aromatic rings. The van der Waals surface area contributed by atoms with Crippen LogP contribution < -0.4 is 0 Å². The standard InChI is InChI=1S/C12H17P/c1-13-9-5-8-12(13)10-11-6-3-2-4-7-11/h2-4,6-7,12H,5,8-10H2,1H3/t12-,13+/m0/s1. The van der Waals surface area contributed by atoms with E-state index in [2.05, 4.69) is 37.0 Å². The first-order valence-electron chi connectivity index (χ1n) is 5.10. The molecule has 0 radical (unpaired) electrons. The Hall–Kier alpha value is -0.350. The summed E-state index contributed by atoms with van der Waals surface area (Å²) in [4.78, 5) is 0. The Morgan fingerprint density at radius 3 is 2.69 bits per heavy atom. The summed E-state index contributed by atoms with van der Waals surface area (Å²) in [6.45, 7) is 2.47. The second-order valence-electron chi connectivity index (χ2n) is 3.97. The molecule has 0 amide bonds. The Bertz CT molecular complexity index is 255. The van der Waals surface area contributed by atoms with Crippen LogP contribution in [-0.4, -0.2) is 18.5 Å². The molecule has 70 valence electrons. The highest BCUT2D eigenvalue weighted by atomic mass is 31.1. The maximum Gasteiger partial charge on any atom is -0.0171 e. The molecule has 0 saturated carbocycles. The highest BCUT2D eigenvalue weighted by Gasteiger charge is 2.22. The molecule has 1 heteroatoms. The van der Waals surface area contributed by atoms with Crippen LogP contribution in [0.1, 0.15) is 18.4 Å². The molecule has 1 heterocycles. The van der Waals surface area contributed by atoms with E-state index in [1.54, 1.807) is 0 Å². The Balaban J connectivity index is 1.98. The number of hydrogen-bond donors (Lipinski definition) is 0. The van der Waals surface area contributed by atoms with Crippen molar-refractivity contribution in [2.24, 2.45) is 0 Å². The highest BCUT2D eigenvalue weighted by molar-refractivity contribution is 7.57. The van der Waals surface area contributed by atoms with Crippen LogP contribution >= 0.6 is 7.92 Å². The van der Waals surface area contributed by atoms with E-state index < -0.39 is 0 Å². The quantitative estimate of drug-likeness (QED) is 0.629. The minimum atomic E-state index is 0.348. The van der Waals surface area contributed by atoms with Gasteiger partial charge in [0, 0.05) is 0 Å². The fraction of sp³-hybridized carbons (Fsp3) is 0.500. The molecule has 13 heavy (non-hydrogen) atoms. The van der Waals surface area contributed by atoms with E-state index in [1.165, 1.54) is 31.0 Å². The Morgan fingerprint density at radius 1 is 1.31 bits per heavy atom. The zero-order chi connectivity index (χ0) is 9.10. The summed E-state index contributed by atoms with van der Waals surface area (Å²) < 4.78 is 0. The van der Waals surface area contributed by atoms with Crippen LogP contribution in [0, 0.1) is 0 Å². The molecule has 1 aliphatic rings. The maximum atomic E-state index is 2.47. The van der Waals surface area contributed by atoms with Crippen molar-refractivity contribution in [2.45, 2.75) is 24.9 Å². The molecule has 1 aliphatic heterocycles.